The quantitative estimate of drug-likeness (QED) is 0.462. The maximum Gasteiger partial charge on any atom is 0.254 e. The van der Waals surface area contributed by atoms with Crippen molar-refractivity contribution in [3.05, 3.63) is 95.1 Å². The molecule has 3 aromatic carbocycles. The predicted molar refractivity (Wildman–Crippen MR) is 133 cm³/mol. The molecule has 1 N–H and O–H groups in total. The van der Waals surface area contributed by atoms with E-state index in [1.807, 2.05) is 29.2 Å². The van der Waals surface area contributed by atoms with Gasteiger partial charge in [0.05, 0.1) is 24.8 Å². The molecule has 5 nitrogen and oxygen atoms in total. The number of halogens is 2. The number of methoxy groups -OCH3 is 1. The van der Waals surface area contributed by atoms with Crippen LogP contribution in [0.5, 0.6) is 5.75 Å². The number of ether oxygens (including phenoxy) is 1. The molecule has 2 atom stereocenters. The van der Waals surface area contributed by atoms with Crippen molar-refractivity contribution < 1.29 is 23.1 Å². The molecule has 0 spiro atoms. The largest absolute Gasteiger partial charge is 0.497 e. The van der Waals surface area contributed by atoms with Gasteiger partial charge < -0.3 is 15.0 Å². The first-order valence-electron chi connectivity index (χ1n) is 12.3. The van der Waals surface area contributed by atoms with E-state index < -0.39 is 29.5 Å². The molecular formula is C29H28F2N2O3. The molecule has 3 aromatic rings. The first kappa shape index (κ1) is 24.0. The molecule has 0 radical (unpaired) electrons. The second-order valence-corrected chi connectivity index (χ2v) is 9.40. The summed E-state index contributed by atoms with van der Waals surface area (Å²) in [6.07, 6.45) is 4.88. The van der Waals surface area contributed by atoms with E-state index in [0.717, 1.165) is 49.8 Å². The van der Waals surface area contributed by atoms with E-state index in [-0.39, 0.29) is 17.6 Å². The van der Waals surface area contributed by atoms with Crippen LogP contribution in [0.15, 0.2) is 66.7 Å². The third kappa shape index (κ3) is 4.45. The normalized spacial score (nSPS) is 20.1. The average Bonchev–Trinajstić information content (AvgIpc) is 2.90. The highest BCUT2D eigenvalue weighted by Crippen LogP contribution is 2.46. The van der Waals surface area contributed by atoms with Gasteiger partial charge in [0.2, 0.25) is 5.91 Å². The number of rotatable bonds is 5. The molecule has 7 heteroatoms. The zero-order chi connectivity index (χ0) is 25.2. The number of benzene rings is 3. The fraction of sp³-hybridized carbons (Fsp3) is 0.310. The van der Waals surface area contributed by atoms with E-state index in [1.165, 1.54) is 6.07 Å². The van der Waals surface area contributed by atoms with Gasteiger partial charge >= 0.3 is 0 Å². The summed E-state index contributed by atoms with van der Waals surface area (Å²) in [6, 6.07) is 16.9. The molecule has 0 aromatic heterocycles. The molecule has 1 fully saturated rings. The molecule has 5 rings (SSSR count). The molecule has 1 aliphatic carbocycles. The van der Waals surface area contributed by atoms with Crippen LogP contribution in [0.25, 0.3) is 0 Å². The minimum absolute atomic E-state index is 0.00966. The molecule has 1 aliphatic heterocycles. The summed E-state index contributed by atoms with van der Waals surface area (Å²) >= 11 is 0. The van der Waals surface area contributed by atoms with Gasteiger partial charge in [0.1, 0.15) is 17.4 Å². The molecule has 1 heterocycles. The Hall–Kier alpha value is -3.74. The Kier molecular flexibility index (Phi) is 6.72. The molecule has 0 saturated heterocycles. The summed E-state index contributed by atoms with van der Waals surface area (Å²) in [5.41, 5.74) is 1.76. The minimum Gasteiger partial charge on any atom is -0.497 e. The van der Waals surface area contributed by atoms with E-state index in [0.29, 0.717) is 16.9 Å². The minimum atomic E-state index is -0.853. The number of nitrogens with one attached hydrogen (secondary N) is 1. The molecule has 36 heavy (non-hydrogen) atoms. The van der Waals surface area contributed by atoms with Crippen molar-refractivity contribution in [1.82, 2.24) is 4.90 Å². The molecule has 2 amide bonds. The number of fused-ring (bicyclic) bond motifs is 1. The van der Waals surface area contributed by atoms with E-state index in [2.05, 4.69) is 5.32 Å². The Labute approximate surface area is 209 Å². The lowest BCUT2D eigenvalue weighted by atomic mass is 9.77. The monoisotopic (exact) mass is 490 g/mol. The Morgan fingerprint density at radius 3 is 2.39 bits per heavy atom. The van der Waals surface area contributed by atoms with E-state index >= 15 is 0 Å². The summed E-state index contributed by atoms with van der Waals surface area (Å²) in [5.74, 6) is -2.26. The Morgan fingerprint density at radius 1 is 0.972 bits per heavy atom. The van der Waals surface area contributed by atoms with Crippen molar-refractivity contribution in [3.8, 4) is 5.75 Å². The average molecular weight is 491 g/mol. The first-order valence-corrected chi connectivity index (χ1v) is 12.3. The summed E-state index contributed by atoms with van der Waals surface area (Å²) in [7, 11) is 1.58. The lowest BCUT2D eigenvalue weighted by molar-refractivity contribution is -0.119. The van der Waals surface area contributed by atoms with Crippen LogP contribution in [0.3, 0.4) is 0 Å². The van der Waals surface area contributed by atoms with Gasteiger partial charge in [-0.3, -0.25) is 9.59 Å². The van der Waals surface area contributed by atoms with Crippen LogP contribution in [-0.4, -0.2) is 29.9 Å². The highest BCUT2D eigenvalue weighted by molar-refractivity contribution is 6.04. The third-order valence-corrected chi connectivity index (χ3v) is 7.27. The number of carbonyl (C=O) groups excluding carboxylic acids is 2. The van der Waals surface area contributed by atoms with E-state index in [9.17, 15) is 18.4 Å². The fourth-order valence-corrected chi connectivity index (χ4v) is 5.55. The highest BCUT2D eigenvalue weighted by atomic mass is 19.1. The molecular weight excluding hydrogens is 462 g/mol. The zero-order valence-corrected chi connectivity index (χ0v) is 20.0. The number of carbonyl (C=O) groups is 2. The summed E-state index contributed by atoms with van der Waals surface area (Å²) in [4.78, 5) is 29.7. The Morgan fingerprint density at radius 2 is 1.69 bits per heavy atom. The van der Waals surface area contributed by atoms with Gasteiger partial charge in [0.15, 0.2) is 0 Å². The second-order valence-electron chi connectivity index (χ2n) is 9.40. The first-order chi connectivity index (χ1) is 17.5. The van der Waals surface area contributed by atoms with Crippen molar-refractivity contribution in [2.24, 2.45) is 0 Å². The molecule has 2 aliphatic rings. The Bertz CT molecular complexity index is 1270. The molecule has 0 unspecified atom stereocenters. The van der Waals surface area contributed by atoms with Crippen molar-refractivity contribution >= 4 is 17.5 Å². The predicted octanol–water partition coefficient (Wildman–Crippen LogP) is 6.23. The SMILES string of the molecule is COc1ccc([C@@H]2[C@@H](C(=O)Nc3ccc(F)cc3F)c3ccccc3C(=O)N2C2CCCCC2)cc1. The van der Waals surface area contributed by atoms with Crippen molar-refractivity contribution in [1.29, 1.82) is 0 Å². The fourth-order valence-electron chi connectivity index (χ4n) is 5.55. The highest BCUT2D eigenvalue weighted by Gasteiger charge is 2.46. The zero-order valence-electron chi connectivity index (χ0n) is 20.0. The second kappa shape index (κ2) is 10.1. The van der Waals surface area contributed by atoms with Gasteiger partial charge in [-0.25, -0.2) is 8.78 Å². The number of hydrogen-bond donors (Lipinski definition) is 1. The summed E-state index contributed by atoms with van der Waals surface area (Å²) in [6.45, 7) is 0. The summed E-state index contributed by atoms with van der Waals surface area (Å²) < 4.78 is 33.3. The van der Waals surface area contributed by atoms with Gasteiger partial charge in [0, 0.05) is 17.7 Å². The van der Waals surface area contributed by atoms with Crippen molar-refractivity contribution in [2.75, 3.05) is 12.4 Å². The summed E-state index contributed by atoms with van der Waals surface area (Å²) in [5, 5.41) is 2.67. The van der Waals surface area contributed by atoms with Crippen LogP contribution >= 0.6 is 0 Å². The van der Waals surface area contributed by atoms with Crippen LogP contribution in [0.2, 0.25) is 0 Å². The van der Waals surface area contributed by atoms with Crippen LogP contribution in [0, 0.1) is 11.6 Å². The topological polar surface area (TPSA) is 58.6 Å². The van der Waals surface area contributed by atoms with Gasteiger partial charge in [0.25, 0.3) is 5.91 Å². The lowest BCUT2D eigenvalue weighted by Gasteiger charge is -2.46. The number of amides is 2. The lowest BCUT2D eigenvalue weighted by Crippen LogP contribution is -2.51. The molecule has 0 bridgehead atoms. The van der Waals surface area contributed by atoms with Crippen LogP contribution < -0.4 is 10.1 Å². The van der Waals surface area contributed by atoms with Crippen LogP contribution in [-0.2, 0) is 4.79 Å². The number of anilines is 1. The Balaban J connectivity index is 1.64. The van der Waals surface area contributed by atoms with E-state index in [1.54, 1.807) is 31.4 Å². The van der Waals surface area contributed by atoms with Crippen LogP contribution in [0.4, 0.5) is 14.5 Å². The number of nitrogens with zero attached hydrogens (tertiary/aromatic N) is 1. The smallest absolute Gasteiger partial charge is 0.254 e. The van der Waals surface area contributed by atoms with Crippen molar-refractivity contribution in [2.45, 2.75) is 50.1 Å². The van der Waals surface area contributed by atoms with Crippen LogP contribution in [0.1, 0.15) is 65.5 Å². The number of hydrogen-bond acceptors (Lipinski definition) is 3. The maximum absolute atomic E-state index is 14.5. The van der Waals surface area contributed by atoms with Gasteiger partial charge in [-0.05, 0) is 54.3 Å². The molecule has 186 valence electrons. The standard InChI is InChI=1S/C29H28F2N2O3/c1-36-21-14-11-18(12-15-21)27-26(28(34)32-25-16-13-19(30)17-24(25)31)22-9-5-6-10-23(22)29(35)33(27)20-7-3-2-4-8-20/h5-6,9-17,20,26-27H,2-4,7-8H2,1H3,(H,32,34)/t26-,27+/m0/s1. The van der Waals surface area contributed by atoms with Crippen molar-refractivity contribution in [3.63, 3.8) is 0 Å². The van der Waals surface area contributed by atoms with E-state index in [4.69, 9.17) is 4.74 Å². The van der Waals surface area contributed by atoms with Gasteiger partial charge in [-0.1, -0.05) is 49.6 Å². The molecule has 1 saturated carbocycles. The maximum atomic E-state index is 14.5. The third-order valence-electron chi connectivity index (χ3n) is 7.27. The van der Waals surface area contributed by atoms with Gasteiger partial charge in [-0.2, -0.15) is 0 Å². The van der Waals surface area contributed by atoms with Gasteiger partial charge in [-0.15, -0.1) is 0 Å².